The van der Waals surface area contributed by atoms with Crippen LogP contribution in [0.3, 0.4) is 0 Å². The molecule has 84 valence electrons. The molecule has 17 heavy (non-hydrogen) atoms. The van der Waals surface area contributed by atoms with Crippen molar-refractivity contribution in [1.82, 2.24) is 9.97 Å². The lowest BCUT2D eigenvalue weighted by Crippen LogP contribution is -2.06. The van der Waals surface area contributed by atoms with Crippen molar-refractivity contribution < 1.29 is 0 Å². The van der Waals surface area contributed by atoms with E-state index in [1.165, 1.54) is 16.3 Å². The van der Waals surface area contributed by atoms with E-state index in [-0.39, 0.29) is 0 Å². The van der Waals surface area contributed by atoms with Gasteiger partial charge >= 0.3 is 0 Å². The molecule has 0 spiro atoms. The van der Waals surface area contributed by atoms with Crippen LogP contribution < -0.4 is 5.01 Å². The van der Waals surface area contributed by atoms with Gasteiger partial charge in [-0.25, -0.2) is 4.98 Å². The van der Waals surface area contributed by atoms with Gasteiger partial charge in [-0.3, -0.25) is 0 Å². The predicted octanol–water partition coefficient (Wildman–Crippen LogP) is 3.71. The molecule has 0 amide bonds. The summed E-state index contributed by atoms with van der Waals surface area (Å²) in [5.41, 5.74) is 8.17. The van der Waals surface area contributed by atoms with E-state index in [0.29, 0.717) is 5.13 Å². The van der Waals surface area contributed by atoms with E-state index < -0.39 is 0 Å². The number of thiazole rings is 1. The molecule has 0 aliphatic heterocycles. The predicted molar refractivity (Wildman–Crippen MR) is 67.7 cm³/mol. The molecule has 0 aliphatic carbocycles. The van der Waals surface area contributed by atoms with E-state index in [4.69, 9.17) is 5.53 Å². The highest BCUT2D eigenvalue weighted by Gasteiger charge is 2.13. The van der Waals surface area contributed by atoms with E-state index in [1.54, 1.807) is 6.20 Å². The molecule has 5 nitrogen and oxygen atoms in total. The van der Waals surface area contributed by atoms with E-state index in [1.807, 2.05) is 36.4 Å². The lowest BCUT2D eigenvalue weighted by Gasteiger charge is -2.09. The van der Waals surface area contributed by atoms with Crippen LogP contribution in [-0.4, -0.2) is 9.97 Å². The van der Waals surface area contributed by atoms with Gasteiger partial charge in [-0.15, -0.1) is 0 Å². The standard InChI is InChI=1S/C11H9N5S/c12-15-16(10-6-3-7-13-10)11-14-8-4-1-2-5-9(8)17-11/h1-7,12-13H. The lowest BCUT2D eigenvalue weighted by molar-refractivity contribution is 0.902. The second-order valence-electron chi connectivity index (χ2n) is 3.43. The molecule has 0 bridgehead atoms. The first-order valence-electron chi connectivity index (χ1n) is 5.05. The Morgan fingerprint density at radius 3 is 2.82 bits per heavy atom. The van der Waals surface area contributed by atoms with Gasteiger partial charge in [0.1, 0.15) is 5.82 Å². The molecule has 0 saturated carbocycles. The number of hydrogen-bond acceptors (Lipinski definition) is 4. The fourth-order valence-electron chi connectivity index (χ4n) is 1.60. The van der Waals surface area contributed by atoms with Gasteiger partial charge < -0.3 is 4.98 Å². The number of rotatable bonds is 3. The number of benzene rings is 1. The SMILES string of the molecule is N=NN(c1ccc[nH]1)c1nc2ccccc2s1. The second kappa shape index (κ2) is 3.99. The Labute approximate surface area is 101 Å². The smallest absolute Gasteiger partial charge is 0.214 e. The van der Waals surface area contributed by atoms with Crippen LogP contribution in [0.1, 0.15) is 0 Å². The quantitative estimate of drug-likeness (QED) is 0.544. The highest BCUT2D eigenvalue weighted by atomic mass is 32.1. The van der Waals surface area contributed by atoms with Gasteiger partial charge in [-0.1, -0.05) is 28.7 Å². The van der Waals surface area contributed by atoms with Crippen molar-refractivity contribution in [2.75, 3.05) is 5.01 Å². The van der Waals surface area contributed by atoms with Crippen LogP contribution in [0.15, 0.2) is 47.8 Å². The first-order valence-corrected chi connectivity index (χ1v) is 5.86. The highest BCUT2D eigenvalue weighted by molar-refractivity contribution is 7.22. The van der Waals surface area contributed by atoms with Gasteiger partial charge in [-0.05, 0) is 24.3 Å². The third-order valence-corrected chi connectivity index (χ3v) is 3.39. The van der Waals surface area contributed by atoms with Crippen LogP contribution in [0.25, 0.3) is 10.2 Å². The van der Waals surface area contributed by atoms with Gasteiger partial charge in [0, 0.05) is 6.20 Å². The van der Waals surface area contributed by atoms with Crippen molar-refractivity contribution in [3.8, 4) is 0 Å². The lowest BCUT2D eigenvalue weighted by atomic mass is 10.3. The zero-order valence-electron chi connectivity index (χ0n) is 8.79. The summed E-state index contributed by atoms with van der Waals surface area (Å²) in [6, 6.07) is 11.6. The molecule has 1 aromatic carbocycles. The van der Waals surface area contributed by atoms with Crippen molar-refractivity contribution in [3.63, 3.8) is 0 Å². The second-order valence-corrected chi connectivity index (χ2v) is 4.44. The minimum absolute atomic E-state index is 0.684. The molecule has 2 aromatic heterocycles. The van der Waals surface area contributed by atoms with Crippen LogP contribution in [0.4, 0.5) is 10.9 Å². The van der Waals surface area contributed by atoms with Gasteiger partial charge in [0.2, 0.25) is 5.13 Å². The van der Waals surface area contributed by atoms with Gasteiger partial charge in [0.25, 0.3) is 0 Å². The molecule has 3 aromatic rings. The number of nitrogens with one attached hydrogen (secondary N) is 2. The molecule has 2 heterocycles. The molecular weight excluding hydrogens is 234 g/mol. The molecule has 2 N–H and O–H groups in total. The van der Waals surface area contributed by atoms with Gasteiger partial charge in [0.15, 0.2) is 0 Å². The monoisotopic (exact) mass is 243 g/mol. The zero-order valence-corrected chi connectivity index (χ0v) is 9.61. The molecular formula is C11H9N5S. The summed E-state index contributed by atoms with van der Waals surface area (Å²) >= 11 is 1.51. The number of aromatic nitrogens is 2. The molecule has 0 aliphatic rings. The topological polar surface area (TPSA) is 68.1 Å². The first-order chi connectivity index (χ1) is 8.38. The highest BCUT2D eigenvalue weighted by Crippen LogP contribution is 2.32. The average molecular weight is 243 g/mol. The Morgan fingerprint density at radius 2 is 2.12 bits per heavy atom. The number of para-hydroxylation sites is 1. The maximum atomic E-state index is 7.24. The van der Waals surface area contributed by atoms with E-state index in [9.17, 15) is 0 Å². The van der Waals surface area contributed by atoms with Gasteiger partial charge in [-0.2, -0.15) is 10.5 Å². The fraction of sp³-hybridized carbons (Fsp3) is 0. The van der Waals surface area contributed by atoms with Crippen LogP contribution in [0.2, 0.25) is 0 Å². The van der Waals surface area contributed by atoms with Crippen LogP contribution in [0, 0.1) is 5.53 Å². The third-order valence-electron chi connectivity index (χ3n) is 2.37. The average Bonchev–Trinajstić information content (AvgIpc) is 2.98. The molecule has 3 rings (SSSR count). The van der Waals surface area contributed by atoms with E-state index in [2.05, 4.69) is 15.2 Å². The molecule has 6 heteroatoms. The summed E-state index contributed by atoms with van der Waals surface area (Å²) in [5.74, 6) is 0.735. The van der Waals surface area contributed by atoms with Crippen molar-refractivity contribution in [1.29, 1.82) is 5.53 Å². The van der Waals surface area contributed by atoms with E-state index >= 15 is 0 Å². The third kappa shape index (κ3) is 1.68. The number of aromatic amines is 1. The van der Waals surface area contributed by atoms with Crippen LogP contribution in [0.5, 0.6) is 0 Å². The van der Waals surface area contributed by atoms with Crippen LogP contribution in [-0.2, 0) is 0 Å². The fourth-order valence-corrected chi connectivity index (χ4v) is 2.53. The summed E-state index contributed by atoms with van der Waals surface area (Å²) < 4.78 is 1.09. The maximum Gasteiger partial charge on any atom is 0.214 e. The summed E-state index contributed by atoms with van der Waals surface area (Å²) in [6.45, 7) is 0. The summed E-state index contributed by atoms with van der Waals surface area (Å²) in [5, 5.41) is 5.66. The number of fused-ring (bicyclic) bond motifs is 1. The number of nitrogens with zero attached hydrogens (tertiary/aromatic N) is 3. The summed E-state index contributed by atoms with van der Waals surface area (Å²) in [6.07, 6.45) is 1.79. The Balaban J connectivity index is 2.10. The van der Waals surface area contributed by atoms with Crippen molar-refractivity contribution >= 4 is 32.5 Å². The molecule has 0 fully saturated rings. The number of H-pyrrole nitrogens is 1. The van der Waals surface area contributed by atoms with Crippen molar-refractivity contribution in [3.05, 3.63) is 42.6 Å². The first kappa shape index (κ1) is 9.98. The van der Waals surface area contributed by atoms with E-state index in [0.717, 1.165) is 16.0 Å². The van der Waals surface area contributed by atoms with Crippen LogP contribution >= 0.6 is 11.3 Å². The molecule has 0 radical (unpaired) electrons. The molecule has 0 unspecified atom stereocenters. The van der Waals surface area contributed by atoms with Crippen molar-refractivity contribution in [2.24, 2.45) is 5.22 Å². The summed E-state index contributed by atoms with van der Waals surface area (Å²) in [7, 11) is 0. The Hall–Kier alpha value is -2.21. The number of hydrogen-bond donors (Lipinski definition) is 2. The van der Waals surface area contributed by atoms with Crippen molar-refractivity contribution in [2.45, 2.75) is 0 Å². The minimum Gasteiger partial charge on any atom is -0.346 e. The number of anilines is 2. The summed E-state index contributed by atoms with van der Waals surface area (Å²) in [4.78, 5) is 7.46. The molecule has 0 atom stereocenters. The van der Waals surface area contributed by atoms with Gasteiger partial charge in [0.05, 0.1) is 10.2 Å². The Kier molecular flexibility index (Phi) is 2.34. The zero-order chi connectivity index (χ0) is 11.7. The normalized spacial score (nSPS) is 10.6. The maximum absolute atomic E-state index is 7.24. The minimum atomic E-state index is 0.684. The Morgan fingerprint density at radius 1 is 1.24 bits per heavy atom. The largest absolute Gasteiger partial charge is 0.346 e. The Bertz CT molecular complexity index is 610. The molecule has 0 saturated heterocycles.